The molecule has 1 aromatic carbocycles. The molecule has 1 amide bonds. The van der Waals surface area contributed by atoms with Crippen molar-refractivity contribution in [1.82, 2.24) is 4.90 Å². The summed E-state index contributed by atoms with van der Waals surface area (Å²) in [6.07, 6.45) is 0. The van der Waals surface area contributed by atoms with Gasteiger partial charge in [-0.1, -0.05) is 0 Å². The Kier molecular flexibility index (Phi) is 3.52. The smallest absolute Gasteiger partial charge is 0.265 e. The van der Waals surface area contributed by atoms with Crippen LogP contribution in [-0.2, 0) is 4.79 Å². The van der Waals surface area contributed by atoms with Gasteiger partial charge in [0.15, 0.2) is 5.60 Å². The Labute approximate surface area is 94.8 Å². The number of halogens is 1. The fraction of sp³-hybridized carbons (Fsp3) is 0.417. The maximum atomic E-state index is 12.7. The van der Waals surface area contributed by atoms with Gasteiger partial charge in [-0.2, -0.15) is 0 Å². The maximum Gasteiger partial charge on any atom is 0.265 e. The first-order valence-corrected chi connectivity index (χ1v) is 4.99. The minimum absolute atomic E-state index is 0.142. The molecule has 1 aromatic rings. The van der Waals surface area contributed by atoms with E-state index in [2.05, 4.69) is 0 Å². The molecule has 0 aliphatic heterocycles. The first-order chi connectivity index (χ1) is 7.33. The van der Waals surface area contributed by atoms with Crippen molar-refractivity contribution in [1.29, 1.82) is 0 Å². The Morgan fingerprint density at radius 1 is 1.25 bits per heavy atom. The molecule has 0 atom stereocenters. The maximum absolute atomic E-state index is 12.7. The van der Waals surface area contributed by atoms with Crippen LogP contribution >= 0.6 is 0 Å². The Balaban J connectivity index is 2.80. The summed E-state index contributed by atoms with van der Waals surface area (Å²) in [4.78, 5) is 13.2. The van der Waals surface area contributed by atoms with Gasteiger partial charge >= 0.3 is 0 Å². The highest BCUT2D eigenvalue weighted by Gasteiger charge is 2.31. The topological polar surface area (TPSA) is 29.5 Å². The van der Waals surface area contributed by atoms with E-state index in [1.807, 2.05) is 0 Å². The van der Waals surface area contributed by atoms with Crippen molar-refractivity contribution in [3.05, 3.63) is 30.1 Å². The number of hydrogen-bond acceptors (Lipinski definition) is 2. The zero-order valence-electron chi connectivity index (χ0n) is 9.95. The molecule has 0 radical (unpaired) electrons. The molecule has 0 fully saturated rings. The summed E-state index contributed by atoms with van der Waals surface area (Å²) >= 11 is 0. The largest absolute Gasteiger partial charge is 0.478 e. The standard InChI is InChI=1S/C12H16FNO2/c1-12(2,11(15)14(3)4)16-10-7-5-9(13)6-8-10/h5-8H,1-4H3. The lowest BCUT2D eigenvalue weighted by atomic mass is 10.1. The highest BCUT2D eigenvalue weighted by Crippen LogP contribution is 2.19. The molecule has 0 unspecified atom stereocenters. The van der Waals surface area contributed by atoms with Crippen LogP contribution in [0.2, 0.25) is 0 Å². The second-order valence-corrected chi connectivity index (χ2v) is 4.27. The number of hydrogen-bond donors (Lipinski definition) is 0. The van der Waals surface area contributed by atoms with Gasteiger partial charge in [-0.3, -0.25) is 4.79 Å². The lowest BCUT2D eigenvalue weighted by molar-refractivity contribution is -0.142. The molecule has 4 heteroatoms. The fourth-order valence-corrected chi connectivity index (χ4v) is 1.38. The number of carbonyl (C=O) groups is 1. The molecule has 0 aliphatic carbocycles. The van der Waals surface area contributed by atoms with E-state index in [0.29, 0.717) is 5.75 Å². The van der Waals surface area contributed by atoms with Gasteiger partial charge in [0, 0.05) is 14.1 Å². The van der Waals surface area contributed by atoms with Crippen LogP contribution in [0.25, 0.3) is 0 Å². The average Bonchev–Trinajstić information content (AvgIpc) is 2.20. The molecule has 0 saturated heterocycles. The van der Waals surface area contributed by atoms with Crippen LogP contribution < -0.4 is 4.74 Å². The third kappa shape index (κ3) is 2.95. The molecule has 0 bridgehead atoms. The van der Waals surface area contributed by atoms with Crippen LogP contribution in [0.15, 0.2) is 24.3 Å². The molecule has 0 heterocycles. The minimum Gasteiger partial charge on any atom is -0.478 e. The summed E-state index contributed by atoms with van der Waals surface area (Å²) in [5.41, 5.74) is -0.957. The average molecular weight is 225 g/mol. The summed E-state index contributed by atoms with van der Waals surface area (Å²) in [6, 6.07) is 5.59. The number of ether oxygens (including phenoxy) is 1. The lowest BCUT2D eigenvalue weighted by Gasteiger charge is -2.28. The van der Waals surface area contributed by atoms with Crippen LogP contribution in [0, 0.1) is 5.82 Å². The quantitative estimate of drug-likeness (QED) is 0.788. The van der Waals surface area contributed by atoms with E-state index < -0.39 is 5.60 Å². The van der Waals surface area contributed by atoms with E-state index in [0.717, 1.165) is 0 Å². The Morgan fingerprint density at radius 3 is 2.19 bits per heavy atom. The molecule has 16 heavy (non-hydrogen) atoms. The second kappa shape index (κ2) is 4.51. The lowest BCUT2D eigenvalue weighted by Crippen LogP contribution is -2.45. The first-order valence-electron chi connectivity index (χ1n) is 4.99. The molecule has 0 aliphatic rings. The van der Waals surface area contributed by atoms with Crippen molar-refractivity contribution in [2.75, 3.05) is 14.1 Å². The van der Waals surface area contributed by atoms with E-state index in [9.17, 15) is 9.18 Å². The first kappa shape index (κ1) is 12.5. The third-order valence-electron chi connectivity index (χ3n) is 2.11. The fourth-order valence-electron chi connectivity index (χ4n) is 1.38. The van der Waals surface area contributed by atoms with E-state index in [4.69, 9.17) is 4.74 Å². The number of nitrogens with zero attached hydrogens (tertiary/aromatic N) is 1. The summed E-state index contributed by atoms with van der Waals surface area (Å²) in [6.45, 7) is 3.36. The van der Waals surface area contributed by atoms with Crippen molar-refractivity contribution in [2.45, 2.75) is 19.4 Å². The van der Waals surface area contributed by atoms with Crippen LogP contribution in [0.4, 0.5) is 4.39 Å². The predicted octanol–water partition coefficient (Wildman–Crippen LogP) is 2.07. The van der Waals surface area contributed by atoms with Gasteiger partial charge in [0.05, 0.1) is 0 Å². The zero-order chi connectivity index (χ0) is 12.3. The van der Waals surface area contributed by atoms with Crippen LogP contribution in [-0.4, -0.2) is 30.5 Å². The van der Waals surface area contributed by atoms with Gasteiger partial charge in [-0.05, 0) is 38.1 Å². The SMILES string of the molecule is CN(C)C(=O)C(C)(C)Oc1ccc(F)cc1. The number of amides is 1. The highest BCUT2D eigenvalue weighted by molar-refractivity contribution is 5.84. The summed E-state index contributed by atoms with van der Waals surface area (Å²) in [5.74, 6) is 0.00233. The molecular formula is C12H16FNO2. The predicted molar refractivity (Wildman–Crippen MR) is 59.8 cm³/mol. The Hall–Kier alpha value is -1.58. The molecule has 0 spiro atoms. The van der Waals surface area contributed by atoms with Gasteiger partial charge in [0.25, 0.3) is 5.91 Å². The van der Waals surface area contributed by atoms with E-state index in [-0.39, 0.29) is 11.7 Å². The van der Waals surface area contributed by atoms with E-state index in [1.54, 1.807) is 27.9 Å². The van der Waals surface area contributed by atoms with E-state index >= 15 is 0 Å². The third-order valence-corrected chi connectivity index (χ3v) is 2.11. The number of carbonyl (C=O) groups excluding carboxylic acids is 1. The zero-order valence-corrected chi connectivity index (χ0v) is 9.95. The van der Waals surface area contributed by atoms with Crippen molar-refractivity contribution in [2.24, 2.45) is 0 Å². The van der Waals surface area contributed by atoms with Crippen molar-refractivity contribution >= 4 is 5.91 Å². The molecule has 0 N–H and O–H groups in total. The van der Waals surface area contributed by atoms with Crippen LogP contribution in [0.3, 0.4) is 0 Å². The molecule has 0 aromatic heterocycles. The van der Waals surface area contributed by atoms with Gasteiger partial charge in [0.2, 0.25) is 0 Å². The molecular weight excluding hydrogens is 209 g/mol. The van der Waals surface area contributed by atoms with Crippen molar-refractivity contribution in [3.8, 4) is 5.75 Å². The summed E-state index contributed by atoms with van der Waals surface area (Å²) in [5, 5.41) is 0. The normalized spacial score (nSPS) is 11.1. The van der Waals surface area contributed by atoms with Crippen molar-refractivity contribution < 1.29 is 13.9 Å². The summed E-state index contributed by atoms with van der Waals surface area (Å²) in [7, 11) is 3.33. The van der Waals surface area contributed by atoms with Gasteiger partial charge in [0.1, 0.15) is 11.6 Å². The molecule has 88 valence electrons. The van der Waals surface area contributed by atoms with Gasteiger partial charge < -0.3 is 9.64 Å². The highest BCUT2D eigenvalue weighted by atomic mass is 19.1. The van der Waals surface area contributed by atoms with Crippen LogP contribution in [0.5, 0.6) is 5.75 Å². The molecule has 3 nitrogen and oxygen atoms in total. The van der Waals surface area contributed by atoms with Crippen LogP contribution in [0.1, 0.15) is 13.8 Å². The monoisotopic (exact) mass is 225 g/mol. The van der Waals surface area contributed by atoms with Gasteiger partial charge in [-0.25, -0.2) is 4.39 Å². The molecule has 1 rings (SSSR count). The van der Waals surface area contributed by atoms with Gasteiger partial charge in [-0.15, -0.1) is 0 Å². The number of likely N-dealkylation sites (N-methyl/N-ethyl adjacent to an activating group) is 1. The molecule has 0 saturated carbocycles. The van der Waals surface area contributed by atoms with Crippen molar-refractivity contribution in [3.63, 3.8) is 0 Å². The Bertz CT molecular complexity index is 371. The second-order valence-electron chi connectivity index (χ2n) is 4.27. The van der Waals surface area contributed by atoms with E-state index in [1.165, 1.54) is 29.2 Å². The summed E-state index contributed by atoms with van der Waals surface area (Å²) < 4.78 is 18.2. The minimum atomic E-state index is -0.957. The number of rotatable bonds is 3. The number of benzene rings is 1. The Morgan fingerprint density at radius 2 is 1.75 bits per heavy atom.